The van der Waals surface area contributed by atoms with Crippen molar-refractivity contribution in [2.75, 3.05) is 12.4 Å². The molecular weight excluding hydrogens is 226 g/mol. The number of hydrogen-bond acceptors (Lipinski definition) is 5. The summed E-state index contributed by atoms with van der Waals surface area (Å²) in [5.41, 5.74) is 2.53. The number of pyridine rings is 2. The van der Waals surface area contributed by atoms with E-state index < -0.39 is 0 Å². The van der Waals surface area contributed by atoms with Gasteiger partial charge in [0.25, 0.3) is 0 Å². The summed E-state index contributed by atoms with van der Waals surface area (Å²) in [5, 5.41) is 3.79. The van der Waals surface area contributed by atoms with Crippen LogP contribution in [0.3, 0.4) is 0 Å². The van der Waals surface area contributed by atoms with Crippen molar-refractivity contribution in [2.24, 2.45) is 0 Å². The molecule has 0 unspecified atom stereocenters. The summed E-state index contributed by atoms with van der Waals surface area (Å²) in [6.07, 6.45) is 5.30. The molecule has 0 aromatic carbocycles. The highest BCUT2D eigenvalue weighted by atomic mass is 15.1. The second kappa shape index (κ2) is 4.37. The smallest absolute Gasteiger partial charge is 0.224 e. The van der Waals surface area contributed by atoms with Crippen LogP contribution in [0.15, 0.2) is 42.9 Å². The zero-order valence-corrected chi connectivity index (χ0v) is 9.83. The molecule has 0 amide bonds. The van der Waals surface area contributed by atoms with Gasteiger partial charge in [0.15, 0.2) is 5.65 Å². The molecule has 3 heterocycles. The third-order valence-electron chi connectivity index (χ3n) is 2.62. The monoisotopic (exact) mass is 237 g/mol. The first kappa shape index (κ1) is 10.6. The van der Waals surface area contributed by atoms with E-state index >= 15 is 0 Å². The van der Waals surface area contributed by atoms with Crippen molar-refractivity contribution >= 4 is 17.0 Å². The average Bonchev–Trinajstić information content (AvgIpc) is 2.47. The third kappa shape index (κ3) is 1.86. The van der Waals surface area contributed by atoms with Crippen molar-refractivity contribution in [3.63, 3.8) is 0 Å². The molecule has 0 bridgehead atoms. The van der Waals surface area contributed by atoms with Crippen molar-refractivity contribution in [1.29, 1.82) is 0 Å². The van der Waals surface area contributed by atoms with Crippen molar-refractivity contribution in [2.45, 2.75) is 0 Å². The lowest BCUT2D eigenvalue weighted by Crippen LogP contribution is -1.97. The number of hydrogen-bond donors (Lipinski definition) is 1. The molecule has 0 atom stereocenters. The van der Waals surface area contributed by atoms with Crippen LogP contribution in [0.2, 0.25) is 0 Å². The molecule has 88 valence electrons. The Bertz CT molecular complexity index is 681. The molecule has 0 aliphatic heterocycles. The maximum absolute atomic E-state index is 4.34. The van der Waals surface area contributed by atoms with Gasteiger partial charge in [-0.15, -0.1) is 0 Å². The lowest BCUT2D eigenvalue weighted by molar-refractivity contribution is 1.16. The van der Waals surface area contributed by atoms with E-state index in [1.807, 2.05) is 24.3 Å². The molecule has 0 radical (unpaired) electrons. The fourth-order valence-electron chi connectivity index (χ4n) is 1.72. The first-order valence-corrected chi connectivity index (χ1v) is 5.59. The molecule has 3 aromatic rings. The molecule has 18 heavy (non-hydrogen) atoms. The van der Waals surface area contributed by atoms with Gasteiger partial charge in [-0.3, -0.25) is 4.98 Å². The first-order valence-electron chi connectivity index (χ1n) is 5.59. The molecule has 3 rings (SSSR count). The van der Waals surface area contributed by atoms with Crippen LogP contribution >= 0.6 is 0 Å². The predicted molar refractivity (Wildman–Crippen MR) is 70.1 cm³/mol. The molecule has 0 fully saturated rings. The normalized spacial score (nSPS) is 10.5. The molecule has 3 aromatic heterocycles. The van der Waals surface area contributed by atoms with Gasteiger partial charge in [-0.2, -0.15) is 4.98 Å². The lowest BCUT2D eigenvalue weighted by Gasteiger charge is -2.03. The average molecular weight is 237 g/mol. The van der Waals surface area contributed by atoms with Gasteiger partial charge in [0.05, 0.1) is 5.69 Å². The number of anilines is 1. The Morgan fingerprint density at radius 2 is 2.00 bits per heavy atom. The van der Waals surface area contributed by atoms with Gasteiger partial charge in [-0.25, -0.2) is 9.97 Å². The van der Waals surface area contributed by atoms with Crippen molar-refractivity contribution in [3.8, 4) is 11.3 Å². The van der Waals surface area contributed by atoms with Gasteiger partial charge < -0.3 is 5.32 Å². The highest BCUT2D eigenvalue weighted by molar-refractivity contribution is 5.79. The quantitative estimate of drug-likeness (QED) is 0.739. The fourth-order valence-corrected chi connectivity index (χ4v) is 1.72. The van der Waals surface area contributed by atoms with Crippen LogP contribution in [0.1, 0.15) is 0 Å². The topological polar surface area (TPSA) is 63.6 Å². The second-order valence-corrected chi connectivity index (χ2v) is 3.80. The second-order valence-electron chi connectivity index (χ2n) is 3.80. The molecule has 5 heteroatoms. The lowest BCUT2D eigenvalue weighted by atomic mass is 10.1. The van der Waals surface area contributed by atoms with Crippen LogP contribution < -0.4 is 5.32 Å². The zero-order chi connectivity index (χ0) is 12.4. The number of nitrogens with one attached hydrogen (secondary N) is 1. The summed E-state index contributed by atoms with van der Waals surface area (Å²) >= 11 is 0. The highest BCUT2D eigenvalue weighted by Gasteiger charge is 2.03. The Hall–Kier alpha value is -2.56. The molecule has 0 saturated carbocycles. The van der Waals surface area contributed by atoms with Crippen molar-refractivity contribution < 1.29 is 0 Å². The molecule has 5 nitrogen and oxygen atoms in total. The standard InChI is InChI=1S/C13H11N5/c1-14-13-17-8-10-6-9(7-16-12(10)18-13)11-4-2-3-5-15-11/h2-8H,1H3,(H,14,16,17,18). The summed E-state index contributed by atoms with van der Waals surface area (Å²) in [4.78, 5) is 17.1. The van der Waals surface area contributed by atoms with Crippen LogP contribution in [0.4, 0.5) is 5.95 Å². The molecule has 0 aliphatic carbocycles. The van der Waals surface area contributed by atoms with Gasteiger partial charge in [-0.1, -0.05) is 6.07 Å². The van der Waals surface area contributed by atoms with Gasteiger partial charge >= 0.3 is 0 Å². The summed E-state index contributed by atoms with van der Waals surface area (Å²) in [6.45, 7) is 0. The van der Waals surface area contributed by atoms with E-state index in [1.165, 1.54) is 0 Å². The predicted octanol–water partition coefficient (Wildman–Crippen LogP) is 2.13. The number of aromatic nitrogens is 4. The molecule has 0 saturated heterocycles. The Kier molecular flexibility index (Phi) is 2.57. The van der Waals surface area contributed by atoms with E-state index in [9.17, 15) is 0 Å². The minimum atomic E-state index is 0.570. The van der Waals surface area contributed by atoms with E-state index in [4.69, 9.17) is 0 Å². The maximum atomic E-state index is 4.34. The van der Waals surface area contributed by atoms with E-state index in [2.05, 4.69) is 25.3 Å². The molecule has 1 N–H and O–H groups in total. The van der Waals surface area contributed by atoms with E-state index in [-0.39, 0.29) is 0 Å². The third-order valence-corrected chi connectivity index (χ3v) is 2.62. The van der Waals surface area contributed by atoms with Crippen LogP contribution in [-0.2, 0) is 0 Å². The highest BCUT2D eigenvalue weighted by Crippen LogP contribution is 2.19. The summed E-state index contributed by atoms with van der Waals surface area (Å²) in [6, 6.07) is 7.78. The Morgan fingerprint density at radius 1 is 1.06 bits per heavy atom. The Labute approximate surface area is 104 Å². The summed E-state index contributed by atoms with van der Waals surface area (Å²) in [7, 11) is 1.78. The first-order chi connectivity index (χ1) is 8.86. The Morgan fingerprint density at radius 3 is 2.78 bits per heavy atom. The molecule has 0 aliphatic rings. The Balaban J connectivity index is 2.12. The number of rotatable bonds is 2. The SMILES string of the molecule is CNc1ncc2cc(-c3ccccn3)cnc2n1. The molecular formula is C13H11N5. The van der Waals surface area contributed by atoms with Gasteiger partial charge in [0.2, 0.25) is 5.95 Å². The maximum Gasteiger partial charge on any atom is 0.224 e. The number of nitrogens with zero attached hydrogens (tertiary/aromatic N) is 4. The van der Waals surface area contributed by atoms with Gasteiger partial charge in [0.1, 0.15) is 0 Å². The van der Waals surface area contributed by atoms with Gasteiger partial charge in [-0.05, 0) is 18.2 Å². The molecule has 0 spiro atoms. The van der Waals surface area contributed by atoms with Crippen molar-refractivity contribution in [3.05, 3.63) is 42.9 Å². The van der Waals surface area contributed by atoms with Crippen LogP contribution in [-0.4, -0.2) is 27.0 Å². The largest absolute Gasteiger partial charge is 0.357 e. The van der Waals surface area contributed by atoms with Crippen molar-refractivity contribution in [1.82, 2.24) is 19.9 Å². The van der Waals surface area contributed by atoms with Crippen LogP contribution in [0, 0.1) is 0 Å². The van der Waals surface area contributed by atoms with Crippen LogP contribution in [0.25, 0.3) is 22.3 Å². The fraction of sp³-hybridized carbons (Fsp3) is 0.0769. The minimum absolute atomic E-state index is 0.570. The summed E-state index contributed by atoms with van der Waals surface area (Å²) < 4.78 is 0. The minimum Gasteiger partial charge on any atom is -0.357 e. The van der Waals surface area contributed by atoms with Crippen LogP contribution in [0.5, 0.6) is 0 Å². The van der Waals surface area contributed by atoms with E-state index in [0.29, 0.717) is 11.6 Å². The van der Waals surface area contributed by atoms with Gasteiger partial charge in [0, 0.05) is 36.6 Å². The van der Waals surface area contributed by atoms with E-state index in [0.717, 1.165) is 16.6 Å². The number of fused-ring (bicyclic) bond motifs is 1. The summed E-state index contributed by atoms with van der Waals surface area (Å²) in [5.74, 6) is 0.570. The van der Waals surface area contributed by atoms with E-state index in [1.54, 1.807) is 25.6 Å². The zero-order valence-electron chi connectivity index (χ0n) is 9.83.